The minimum atomic E-state index is -3.42. The summed E-state index contributed by atoms with van der Waals surface area (Å²) in [7, 11) is -3.42. The number of aliphatic carboxylic acids is 1. The Kier molecular flexibility index (Phi) is 6.11. The van der Waals surface area contributed by atoms with Gasteiger partial charge in [0.05, 0.1) is 11.7 Å². The molecule has 0 aliphatic heterocycles. The zero-order valence-electron chi connectivity index (χ0n) is 12.9. The molecule has 122 valence electrons. The summed E-state index contributed by atoms with van der Waals surface area (Å²) in [6.07, 6.45) is 0. The zero-order chi connectivity index (χ0) is 16.9. The van der Waals surface area contributed by atoms with E-state index in [2.05, 4.69) is 5.32 Å². The van der Waals surface area contributed by atoms with Crippen LogP contribution in [0, 0.1) is 5.92 Å². The summed E-state index contributed by atoms with van der Waals surface area (Å²) >= 11 is 0. The van der Waals surface area contributed by atoms with Crippen molar-refractivity contribution in [1.82, 2.24) is 0 Å². The molecule has 0 radical (unpaired) electrons. The maximum absolute atomic E-state index is 11.8. The third-order valence-electron chi connectivity index (χ3n) is 3.00. The van der Waals surface area contributed by atoms with Crippen LogP contribution in [0.2, 0.25) is 0 Å². The third kappa shape index (κ3) is 5.85. The number of amides is 1. The minimum Gasteiger partial charge on any atom is -0.481 e. The predicted molar refractivity (Wildman–Crippen MR) is 84.6 cm³/mol. The van der Waals surface area contributed by atoms with Gasteiger partial charge in [0.15, 0.2) is 9.84 Å². The maximum atomic E-state index is 11.8. The van der Waals surface area contributed by atoms with Crippen molar-refractivity contribution in [2.45, 2.75) is 26.7 Å². The number of carboxylic acid groups (broad SMARTS) is 1. The summed E-state index contributed by atoms with van der Waals surface area (Å²) in [5.74, 6) is -2.80. The standard InChI is InChI=1S/C15H21NO5S/c1-10(2)8-22(20,21)9-14(17)16-13-6-4-12(5-7-13)11(3)15(18)19/h4-7,10-11H,8-9H2,1-3H3,(H,16,17)(H,18,19). The van der Waals surface area contributed by atoms with Crippen LogP contribution in [-0.2, 0) is 19.4 Å². The fourth-order valence-corrected chi connectivity index (χ4v) is 3.57. The Bertz CT molecular complexity index is 634. The first-order chi connectivity index (χ1) is 10.1. The van der Waals surface area contributed by atoms with Gasteiger partial charge in [-0.2, -0.15) is 0 Å². The number of anilines is 1. The second kappa shape index (κ2) is 7.40. The SMILES string of the molecule is CC(C)CS(=O)(=O)CC(=O)Nc1ccc(C(C)C(=O)O)cc1. The molecule has 1 amide bonds. The van der Waals surface area contributed by atoms with Gasteiger partial charge in [-0.1, -0.05) is 26.0 Å². The van der Waals surface area contributed by atoms with Crippen molar-refractivity contribution in [3.8, 4) is 0 Å². The van der Waals surface area contributed by atoms with Crippen LogP contribution in [0.3, 0.4) is 0 Å². The molecule has 7 heteroatoms. The Morgan fingerprint density at radius 1 is 1.14 bits per heavy atom. The molecule has 1 rings (SSSR count). The highest BCUT2D eigenvalue weighted by Crippen LogP contribution is 2.18. The second-order valence-corrected chi connectivity index (χ2v) is 7.79. The average Bonchev–Trinajstić information content (AvgIpc) is 2.36. The molecule has 1 unspecified atom stereocenters. The van der Waals surface area contributed by atoms with Gasteiger partial charge in [0.1, 0.15) is 5.75 Å². The van der Waals surface area contributed by atoms with Crippen molar-refractivity contribution in [2.24, 2.45) is 5.92 Å². The molecule has 6 nitrogen and oxygen atoms in total. The largest absolute Gasteiger partial charge is 0.481 e. The van der Waals surface area contributed by atoms with Crippen LogP contribution in [0.15, 0.2) is 24.3 Å². The molecule has 0 heterocycles. The lowest BCUT2D eigenvalue weighted by atomic mass is 10.0. The molecule has 1 aromatic rings. The van der Waals surface area contributed by atoms with Crippen molar-refractivity contribution >= 4 is 27.4 Å². The van der Waals surface area contributed by atoms with Crippen LogP contribution in [0.25, 0.3) is 0 Å². The average molecular weight is 327 g/mol. The Morgan fingerprint density at radius 2 is 1.68 bits per heavy atom. The highest BCUT2D eigenvalue weighted by molar-refractivity contribution is 7.92. The molecule has 2 N–H and O–H groups in total. The molecule has 0 saturated carbocycles. The topological polar surface area (TPSA) is 101 Å². The van der Waals surface area contributed by atoms with Gasteiger partial charge in [-0.15, -0.1) is 0 Å². The normalized spacial score (nSPS) is 12.9. The number of carboxylic acids is 1. The summed E-state index contributed by atoms with van der Waals surface area (Å²) in [4.78, 5) is 22.6. The van der Waals surface area contributed by atoms with E-state index in [0.717, 1.165) is 0 Å². The Labute approximate surface area is 130 Å². The van der Waals surface area contributed by atoms with E-state index in [1.54, 1.807) is 45.0 Å². The maximum Gasteiger partial charge on any atom is 0.310 e. The van der Waals surface area contributed by atoms with Gasteiger partial charge in [-0.05, 0) is 30.5 Å². The molecule has 0 aliphatic carbocycles. The highest BCUT2D eigenvalue weighted by atomic mass is 32.2. The van der Waals surface area contributed by atoms with Crippen molar-refractivity contribution < 1.29 is 23.1 Å². The number of rotatable bonds is 7. The second-order valence-electron chi connectivity index (χ2n) is 5.68. The number of carbonyl (C=O) groups is 2. The summed E-state index contributed by atoms with van der Waals surface area (Å²) in [5, 5.41) is 11.4. The van der Waals surface area contributed by atoms with E-state index in [1.165, 1.54) is 0 Å². The predicted octanol–water partition coefficient (Wildman–Crippen LogP) is 1.88. The van der Waals surface area contributed by atoms with E-state index >= 15 is 0 Å². The molecular formula is C15H21NO5S. The highest BCUT2D eigenvalue weighted by Gasteiger charge is 2.18. The quantitative estimate of drug-likeness (QED) is 0.796. The molecule has 1 aromatic carbocycles. The Balaban J connectivity index is 2.68. The summed E-state index contributed by atoms with van der Waals surface area (Å²) < 4.78 is 23.5. The van der Waals surface area contributed by atoms with E-state index in [1.807, 2.05) is 0 Å². The van der Waals surface area contributed by atoms with E-state index in [0.29, 0.717) is 11.3 Å². The summed E-state index contributed by atoms with van der Waals surface area (Å²) in [6.45, 7) is 5.12. The minimum absolute atomic E-state index is 0.0323. The van der Waals surface area contributed by atoms with Gasteiger partial charge in [-0.3, -0.25) is 9.59 Å². The molecular weight excluding hydrogens is 306 g/mol. The van der Waals surface area contributed by atoms with E-state index in [4.69, 9.17) is 5.11 Å². The molecule has 0 saturated heterocycles. The van der Waals surface area contributed by atoms with Crippen LogP contribution >= 0.6 is 0 Å². The van der Waals surface area contributed by atoms with Crippen LogP contribution in [0.4, 0.5) is 5.69 Å². The van der Waals surface area contributed by atoms with Crippen molar-refractivity contribution in [1.29, 1.82) is 0 Å². The lowest BCUT2D eigenvalue weighted by Gasteiger charge is -2.10. The third-order valence-corrected chi connectivity index (χ3v) is 4.88. The van der Waals surface area contributed by atoms with Crippen molar-refractivity contribution in [3.05, 3.63) is 29.8 Å². The lowest BCUT2D eigenvalue weighted by molar-refractivity contribution is -0.138. The lowest BCUT2D eigenvalue weighted by Crippen LogP contribution is -2.26. The van der Waals surface area contributed by atoms with E-state index < -0.39 is 33.4 Å². The molecule has 0 aromatic heterocycles. The smallest absolute Gasteiger partial charge is 0.310 e. The van der Waals surface area contributed by atoms with E-state index in [9.17, 15) is 18.0 Å². The van der Waals surface area contributed by atoms with Gasteiger partial charge in [0, 0.05) is 5.69 Å². The van der Waals surface area contributed by atoms with Crippen molar-refractivity contribution in [3.63, 3.8) is 0 Å². The van der Waals surface area contributed by atoms with Crippen LogP contribution in [-0.4, -0.2) is 36.9 Å². The number of carbonyl (C=O) groups excluding carboxylic acids is 1. The van der Waals surface area contributed by atoms with Gasteiger partial charge in [-0.25, -0.2) is 8.42 Å². The van der Waals surface area contributed by atoms with Gasteiger partial charge >= 0.3 is 5.97 Å². The Morgan fingerprint density at radius 3 is 2.14 bits per heavy atom. The zero-order valence-corrected chi connectivity index (χ0v) is 13.7. The van der Waals surface area contributed by atoms with Gasteiger partial charge in [0.2, 0.25) is 5.91 Å². The first kappa shape index (κ1) is 18.2. The van der Waals surface area contributed by atoms with Crippen LogP contribution in [0.5, 0.6) is 0 Å². The van der Waals surface area contributed by atoms with Gasteiger partial charge in [0.25, 0.3) is 0 Å². The molecule has 22 heavy (non-hydrogen) atoms. The first-order valence-electron chi connectivity index (χ1n) is 6.94. The van der Waals surface area contributed by atoms with Gasteiger partial charge < -0.3 is 10.4 Å². The van der Waals surface area contributed by atoms with E-state index in [-0.39, 0.29) is 11.7 Å². The molecule has 0 bridgehead atoms. The fourth-order valence-electron chi connectivity index (χ4n) is 1.96. The van der Waals surface area contributed by atoms with Crippen LogP contribution < -0.4 is 5.32 Å². The monoisotopic (exact) mass is 327 g/mol. The number of hydrogen-bond donors (Lipinski definition) is 2. The summed E-state index contributed by atoms with van der Waals surface area (Å²) in [6, 6.07) is 6.30. The number of nitrogens with one attached hydrogen (secondary N) is 1. The number of sulfone groups is 1. The van der Waals surface area contributed by atoms with Crippen molar-refractivity contribution in [2.75, 3.05) is 16.8 Å². The fraction of sp³-hybridized carbons (Fsp3) is 0.467. The summed E-state index contributed by atoms with van der Waals surface area (Å²) in [5.41, 5.74) is 1.05. The Hall–Kier alpha value is -1.89. The molecule has 0 spiro atoms. The molecule has 1 atom stereocenters. The van der Waals surface area contributed by atoms with Crippen LogP contribution in [0.1, 0.15) is 32.3 Å². The number of hydrogen-bond acceptors (Lipinski definition) is 4. The first-order valence-corrected chi connectivity index (χ1v) is 8.76. The molecule has 0 fully saturated rings. The number of benzene rings is 1. The molecule has 0 aliphatic rings.